The fourth-order valence-electron chi connectivity index (χ4n) is 2.76. The number of nitrogens with zero attached hydrogens (tertiary/aromatic N) is 4. The molecule has 5 nitrogen and oxygen atoms in total. The van der Waals surface area contributed by atoms with Gasteiger partial charge in [-0.15, -0.1) is 0 Å². The maximum absolute atomic E-state index is 9.12. The molecule has 1 aromatic heterocycles. The Morgan fingerprint density at radius 1 is 1.50 bits per heavy atom. The summed E-state index contributed by atoms with van der Waals surface area (Å²) in [5.74, 6) is 0.495. The molecule has 0 radical (unpaired) electrons. The van der Waals surface area contributed by atoms with Gasteiger partial charge in [-0.05, 0) is 31.5 Å². The van der Waals surface area contributed by atoms with E-state index in [1.165, 1.54) is 12.8 Å². The number of aromatic nitrogens is 2. The van der Waals surface area contributed by atoms with E-state index in [9.17, 15) is 0 Å². The highest BCUT2D eigenvalue weighted by Gasteiger charge is 2.27. The average Bonchev–Trinajstić information content (AvgIpc) is 3.24. The summed E-state index contributed by atoms with van der Waals surface area (Å²) in [5.41, 5.74) is 8.27. The van der Waals surface area contributed by atoms with Crippen molar-refractivity contribution in [3.63, 3.8) is 0 Å². The lowest BCUT2D eigenvalue weighted by atomic mass is 10.2. The SMILES string of the molecule is CCN(CCn1c(N)nc2c(C#N)cccc21)C1CC1. The van der Waals surface area contributed by atoms with E-state index in [2.05, 4.69) is 22.9 Å². The molecule has 1 aliphatic rings. The number of likely N-dealkylation sites (N-methyl/N-ethyl adjacent to an activating group) is 1. The molecule has 5 heteroatoms. The van der Waals surface area contributed by atoms with E-state index in [4.69, 9.17) is 11.0 Å². The highest BCUT2D eigenvalue weighted by molar-refractivity contribution is 5.83. The molecular formula is C15H19N5. The number of hydrogen-bond donors (Lipinski definition) is 1. The second kappa shape index (κ2) is 5.14. The molecule has 1 aliphatic carbocycles. The van der Waals surface area contributed by atoms with Crippen LogP contribution in [0.1, 0.15) is 25.3 Å². The molecule has 2 aromatic rings. The van der Waals surface area contributed by atoms with Crippen molar-refractivity contribution in [2.45, 2.75) is 32.4 Å². The number of imidazole rings is 1. The summed E-state index contributed by atoms with van der Waals surface area (Å²) in [6.07, 6.45) is 2.62. The smallest absolute Gasteiger partial charge is 0.201 e. The first kappa shape index (κ1) is 12.9. The van der Waals surface area contributed by atoms with Crippen molar-refractivity contribution in [1.29, 1.82) is 5.26 Å². The van der Waals surface area contributed by atoms with E-state index in [-0.39, 0.29) is 0 Å². The molecule has 0 aliphatic heterocycles. The molecule has 0 saturated heterocycles. The molecule has 0 atom stereocenters. The first-order valence-electron chi connectivity index (χ1n) is 7.13. The number of hydrogen-bond acceptors (Lipinski definition) is 4. The zero-order chi connectivity index (χ0) is 14.1. The molecule has 0 bridgehead atoms. The van der Waals surface area contributed by atoms with Crippen molar-refractivity contribution in [1.82, 2.24) is 14.5 Å². The number of nitrogens with two attached hydrogens (primary N) is 1. The predicted octanol–water partition coefficient (Wildman–Crippen LogP) is 1.97. The van der Waals surface area contributed by atoms with Crippen LogP contribution in [0.15, 0.2) is 18.2 Å². The van der Waals surface area contributed by atoms with Crippen molar-refractivity contribution in [3.05, 3.63) is 23.8 Å². The van der Waals surface area contributed by atoms with Gasteiger partial charge in [0.25, 0.3) is 0 Å². The summed E-state index contributed by atoms with van der Waals surface area (Å²) in [4.78, 5) is 6.83. The lowest BCUT2D eigenvalue weighted by Gasteiger charge is -2.20. The molecule has 20 heavy (non-hydrogen) atoms. The van der Waals surface area contributed by atoms with Crippen LogP contribution in [-0.2, 0) is 6.54 Å². The third-order valence-electron chi connectivity index (χ3n) is 4.01. The lowest BCUT2D eigenvalue weighted by molar-refractivity contribution is 0.268. The van der Waals surface area contributed by atoms with E-state index >= 15 is 0 Å². The molecule has 0 spiro atoms. The summed E-state index contributed by atoms with van der Waals surface area (Å²) >= 11 is 0. The summed E-state index contributed by atoms with van der Waals surface area (Å²) < 4.78 is 2.02. The van der Waals surface area contributed by atoms with Gasteiger partial charge in [0.2, 0.25) is 5.95 Å². The number of para-hydroxylation sites is 1. The fraction of sp³-hybridized carbons (Fsp3) is 0.467. The fourth-order valence-corrected chi connectivity index (χ4v) is 2.76. The number of nitrogen functional groups attached to an aromatic ring is 1. The van der Waals surface area contributed by atoms with E-state index < -0.39 is 0 Å². The van der Waals surface area contributed by atoms with Gasteiger partial charge in [-0.3, -0.25) is 4.90 Å². The number of benzene rings is 1. The van der Waals surface area contributed by atoms with Crippen molar-refractivity contribution >= 4 is 17.0 Å². The van der Waals surface area contributed by atoms with E-state index in [1.54, 1.807) is 6.07 Å². The molecular weight excluding hydrogens is 250 g/mol. The number of nitriles is 1. The van der Waals surface area contributed by atoms with Crippen LogP contribution in [-0.4, -0.2) is 33.6 Å². The molecule has 3 rings (SSSR count). The maximum Gasteiger partial charge on any atom is 0.201 e. The Morgan fingerprint density at radius 2 is 2.30 bits per heavy atom. The zero-order valence-electron chi connectivity index (χ0n) is 11.7. The summed E-state index contributed by atoms with van der Waals surface area (Å²) in [6.45, 7) is 5.07. The van der Waals surface area contributed by atoms with Gasteiger partial charge in [-0.25, -0.2) is 4.98 Å². The predicted molar refractivity (Wildman–Crippen MR) is 79.1 cm³/mol. The van der Waals surface area contributed by atoms with Crippen LogP contribution < -0.4 is 5.73 Å². The van der Waals surface area contributed by atoms with Crippen LogP contribution in [0.4, 0.5) is 5.95 Å². The second-order valence-corrected chi connectivity index (χ2v) is 5.27. The van der Waals surface area contributed by atoms with Gasteiger partial charge in [0.1, 0.15) is 11.6 Å². The first-order valence-corrected chi connectivity index (χ1v) is 7.13. The maximum atomic E-state index is 9.12. The molecule has 1 heterocycles. The minimum atomic E-state index is 0.495. The Bertz CT molecular complexity index is 663. The zero-order valence-corrected chi connectivity index (χ0v) is 11.7. The summed E-state index contributed by atoms with van der Waals surface area (Å²) in [6, 6.07) is 8.57. The highest BCUT2D eigenvalue weighted by Crippen LogP contribution is 2.27. The Morgan fingerprint density at radius 3 is 2.95 bits per heavy atom. The van der Waals surface area contributed by atoms with Gasteiger partial charge in [-0.2, -0.15) is 5.26 Å². The van der Waals surface area contributed by atoms with Gasteiger partial charge in [0.15, 0.2) is 0 Å². The van der Waals surface area contributed by atoms with Crippen LogP contribution in [0.5, 0.6) is 0 Å². The topological polar surface area (TPSA) is 70.9 Å². The molecule has 0 unspecified atom stereocenters. The Balaban J connectivity index is 1.87. The van der Waals surface area contributed by atoms with Crippen LogP contribution in [0.3, 0.4) is 0 Å². The Kier molecular flexibility index (Phi) is 3.33. The van der Waals surface area contributed by atoms with E-state index in [0.29, 0.717) is 17.0 Å². The monoisotopic (exact) mass is 269 g/mol. The quantitative estimate of drug-likeness (QED) is 0.901. The van der Waals surface area contributed by atoms with Crippen LogP contribution >= 0.6 is 0 Å². The van der Waals surface area contributed by atoms with Crippen LogP contribution in [0.25, 0.3) is 11.0 Å². The number of rotatable bonds is 5. The number of fused-ring (bicyclic) bond motifs is 1. The number of anilines is 1. The van der Waals surface area contributed by atoms with E-state index in [0.717, 1.165) is 31.2 Å². The molecule has 104 valence electrons. The van der Waals surface area contributed by atoms with Gasteiger partial charge in [-0.1, -0.05) is 13.0 Å². The Labute approximate surface area is 118 Å². The largest absolute Gasteiger partial charge is 0.369 e. The minimum Gasteiger partial charge on any atom is -0.369 e. The van der Waals surface area contributed by atoms with Crippen molar-refractivity contribution in [2.75, 3.05) is 18.8 Å². The molecule has 1 aromatic carbocycles. The van der Waals surface area contributed by atoms with Gasteiger partial charge in [0, 0.05) is 19.1 Å². The van der Waals surface area contributed by atoms with Crippen molar-refractivity contribution in [2.24, 2.45) is 0 Å². The second-order valence-electron chi connectivity index (χ2n) is 5.27. The average molecular weight is 269 g/mol. The summed E-state index contributed by atoms with van der Waals surface area (Å²) in [7, 11) is 0. The van der Waals surface area contributed by atoms with Crippen molar-refractivity contribution in [3.8, 4) is 6.07 Å². The van der Waals surface area contributed by atoms with Crippen molar-refractivity contribution < 1.29 is 0 Å². The standard InChI is InChI=1S/C15H19N5/c1-2-19(12-6-7-12)8-9-20-13-5-3-4-11(10-16)14(13)18-15(20)17/h3-5,12H,2,6-9H2,1H3,(H2,17,18). The third-order valence-corrected chi connectivity index (χ3v) is 4.01. The molecule has 2 N–H and O–H groups in total. The normalized spacial score (nSPS) is 14.8. The van der Waals surface area contributed by atoms with Crippen LogP contribution in [0.2, 0.25) is 0 Å². The Hall–Kier alpha value is -2.06. The van der Waals surface area contributed by atoms with Gasteiger partial charge < -0.3 is 10.3 Å². The third kappa shape index (κ3) is 2.23. The lowest BCUT2D eigenvalue weighted by Crippen LogP contribution is -2.29. The van der Waals surface area contributed by atoms with E-state index in [1.807, 2.05) is 16.7 Å². The summed E-state index contributed by atoms with van der Waals surface area (Å²) in [5, 5.41) is 9.12. The molecule has 1 saturated carbocycles. The van der Waals surface area contributed by atoms with Crippen LogP contribution in [0, 0.1) is 11.3 Å². The van der Waals surface area contributed by atoms with Gasteiger partial charge >= 0.3 is 0 Å². The highest BCUT2D eigenvalue weighted by atomic mass is 15.2. The molecule has 0 amide bonds. The minimum absolute atomic E-state index is 0.495. The first-order chi connectivity index (χ1) is 9.74. The van der Waals surface area contributed by atoms with Gasteiger partial charge in [0.05, 0.1) is 11.1 Å². The molecule has 1 fully saturated rings.